The fourth-order valence-corrected chi connectivity index (χ4v) is 2.57. The smallest absolute Gasteiger partial charge is 0.0702 e. The molecule has 0 saturated carbocycles. The molecule has 18 heavy (non-hydrogen) atoms. The molecule has 1 aliphatic heterocycles. The molecule has 0 bridgehead atoms. The summed E-state index contributed by atoms with van der Waals surface area (Å²) < 4.78 is 0. The number of hydrogen-bond donors (Lipinski definition) is 2. The van der Waals surface area contributed by atoms with Crippen LogP contribution in [0, 0.1) is 0 Å². The molecule has 3 heteroatoms. The van der Waals surface area contributed by atoms with E-state index in [1.807, 2.05) is 36.4 Å². The lowest BCUT2D eigenvalue weighted by molar-refractivity contribution is 0.282. The quantitative estimate of drug-likeness (QED) is 0.792. The Balaban J connectivity index is 1.96. The topological polar surface area (TPSA) is 49.5 Å². The van der Waals surface area contributed by atoms with Gasteiger partial charge in [0.2, 0.25) is 0 Å². The Hall–Kier alpha value is -2.00. The molecule has 0 atom stereocenters. The first kappa shape index (κ1) is 11.1. The van der Waals surface area contributed by atoms with E-state index >= 15 is 0 Å². The van der Waals surface area contributed by atoms with Gasteiger partial charge >= 0.3 is 0 Å². The van der Waals surface area contributed by atoms with E-state index in [1.165, 1.54) is 11.1 Å². The van der Waals surface area contributed by atoms with Crippen LogP contribution >= 0.6 is 0 Å². The van der Waals surface area contributed by atoms with Crippen LogP contribution in [0.2, 0.25) is 0 Å². The summed E-state index contributed by atoms with van der Waals surface area (Å²) in [4.78, 5) is 2.26. The van der Waals surface area contributed by atoms with Gasteiger partial charge in [-0.3, -0.25) is 0 Å². The first-order valence-corrected chi connectivity index (χ1v) is 6.09. The number of nitrogens with zero attached hydrogens (tertiary/aromatic N) is 1. The highest BCUT2D eigenvalue weighted by atomic mass is 16.3. The lowest BCUT2D eigenvalue weighted by Gasteiger charge is -2.20. The predicted molar refractivity (Wildman–Crippen MR) is 73.1 cm³/mol. The van der Waals surface area contributed by atoms with Gasteiger partial charge in [-0.2, -0.15) is 0 Å². The van der Waals surface area contributed by atoms with Crippen molar-refractivity contribution in [2.45, 2.75) is 19.7 Å². The molecule has 1 aliphatic rings. The van der Waals surface area contributed by atoms with Gasteiger partial charge in [-0.1, -0.05) is 30.3 Å². The molecule has 0 fully saturated rings. The Morgan fingerprint density at radius 2 is 1.89 bits per heavy atom. The van der Waals surface area contributed by atoms with Gasteiger partial charge in [-0.25, -0.2) is 0 Å². The fourth-order valence-electron chi connectivity index (χ4n) is 2.57. The Morgan fingerprint density at radius 3 is 2.67 bits per heavy atom. The number of nitrogens with two attached hydrogens (primary N) is 1. The zero-order chi connectivity index (χ0) is 12.5. The predicted octanol–water partition coefficient (Wildman–Crippen LogP) is 2.28. The van der Waals surface area contributed by atoms with Gasteiger partial charge in [0.15, 0.2) is 0 Å². The van der Waals surface area contributed by atoms with Crippen molar-refractivity contribution in [3.05, 3.63) is 59.2 Å². The molecule has 0 spiro atoms. The van der Waals surface area contributed by atoms with E-state index in [9.17, 15) is 5.11 Å². The monoisotopic (exact) mass is 240 g/mol. The number of hydrogen-bond acceptors (Lipinski definition) is 3. The highest BCUT2D eigenvalue weighted by Crippen LogP contribution is 2.33. The fraction of sp³-hybridized carbons (Fsp3) is 0.200. The van der Waals surface area contributed by atoms with Gasteiger partial charge in [0.25, 0.3) is 0 Å². The molecule has 92 valence electrons. The van der Waals surface area contributed by atoms with Crippen molar-refractivity contribution in [1.29, 1.82) is 0 Å². The molecule has 0 aliphatic carbocycles. The Labute approximate surface area is 106 Å². The third-order valence-electron chi connectivity index (χ3n) is 3.52. The molecule has 0 aromatic heterocycles. The van der Waals surface area contributed by atoms with E-state index < -0.39 is 0 Å². The standard InChI is InChI=1S/C15H16N2O/c16-14-6-3-5-11-8-17(9-13(11)14)15-7-2-1-4-12(15)10-18/h1-7,18H,8-10,16H2. The number of aliphatic hydroxyl groups excluding tert-OH is 1. The minimum absolute atomic E-state index is 0.0680. The average Bonchev–Trinajstić information content (AvgIpc) is 2.84. The molecular formula is C15H16N2O. The van der Waals surface area contributed by atoms with Crippen molar-refractivity contribution in [3.8, 4) is 0 Å². The summed E-state index contributed by atoms with van der Waals surface area (Å²) in [5.74, 6) is 0. The first-order valence-electron chi connectivity index (χ1n) is 6.09. The van der Waals surface area contributed by atoms with E-state index in [0.29, 0.717) is 0 Å². The SMILES string of the molecule is Nc1cccc2c1CN(c1ccccc1CO)C2. The second kappa shape index (κ2) is 4.35. The largest absolute Gasteiger partial charge is 0.398 e. The van der Waals surface area contributed by atoms with Crippen molar-refractivity contribution >= 4 is 11.4 Å². The molecule has 3 nitrogen and oxygen atoms in total. The van der Waals surface area contributed by atoms with E-state index in [4.69, 9.17) is 5.73 Å². The highest BCUT2D eigenvalue weighted by molar-refractivity contribution is 5.61. The van der Waals surface area contributed by atoms with Crippen LogP contribution in [0.5, 0.6) is 0 Å². The third-order valence-corrected chi connectivity index (χ3v) is 3.52. The maximum Gasteiger partial charge on any atom is 0.0702 e. The zero-order valence-electron chi connectivity index (χ0n) is 10.1. The second-order valence-corrected chi connectivity index (χ2v) is 4.63. The summed E-state index contributed by atoms with van der Waals surface area (Å²) in [5.41, 5.74) is 11.4. The van der Waals surface area contributed by atoms with Crippen molar-refractivity contribution in [1.82, 2.24) is 0 Å². The van der Waals surface area contributed by atoms with Crippen LogP contribution in [0.3, 0.4) is 0 Å². The van der Waals surface area contributed by atoms with Crippen LogP contribution in [0.25, 0.3) is 0 Å². The maximum atomic E-state index is 9.40. The molecule has 0 saturated heterocycles. The number of fused-ring (bicyclic) bond motifs is 1. The number of anilines is 2. The maximum absolute atomic E-state index is 9.40. The lowest BCUT2D eigenvalue weighted by atomic mass is 10.1. The molecular weight excluding hydrogens is 224 g/mol. The Bertz CT molecular complexity index is 580. The lowest BCUT2D eigenvalue weighted by Crippen LogP contribution is -2.16. The molecule has 0 unspecified atom stereocenters. The minimum Gasteiger partial charge on any atom is -0.398 e. The summed E-state index contributed by atoms with van der Waals surface area (Å²) >= 11 is 0. The Kier molecular flexibility index (Phi) is 2.68. The molecule has 0 amide bonds. The van der Waals surface area contributed by atoms with Crippen LogP contribution in [0.15, 0.2) is 42.5 Å². The van der Waals surface area contributed by atoms with Gasteiger partial charge < -0.3 is 15.7 Å². The summed E-state index contributed by atoms with van der Waals surface area (Å²) in [7, 11) is 0. The van der Waals surface area contributed by atoms with Gasteiger partial charge in [0.1, 0.15) is 0 Å². The molecule has 0 radical (unpaired) electrons. The van der Waals surface area contributed by atoms with Crippen molar-refractivity contribution < 1.29 is 5.11 Å². The first-order chi connectivity index (χ1) is 8.79. The van der Waals surface area contributed by atoms with E-state index in [0.717, 1.165) is 30.0 Å². The van der Waals surface area contributed by atoms with Gasteiger partial charge in [0, 0.05) is 30.0 Å². The summed E-state index contributed by atoms with van der Waals surface area (Å²) in [5, 5.41) is 9.40. The normalized spacial score (nSPS) is 13.7. The average molecular weight is 240 g/mol. The van der Waals surface area contributed by atoms with Gasteiger partial charge in [0.05, 0.1) is 6.61 Å². The van der Waals surface area contributed by atoms with Crippen LogP contribution in [0.1, 0.15) is 16.7 Å². The number of rotatable bonds is 2. The summed E-state index contributed by atoms with van der Waals surface area (Å²) in [6.45, 7) is 1.74. The van der Waals surface area contributed by atoms with E-state index in [2.05, 4.69) is 11.0 Å². The number of para-hydroxylation sites is 1. The minimum atomic E-state index is 0.0680. The van der Waals surface area contributed by atoms with Crippen LogP contribution in [-0.2, 0) is 19.7 Å². The van der Waals surface area contributed by atoms with Crippen molar-refractivity contribution in [2.24, 2.45) is 0 Å². The third kappa shape index (κ3) is 1.73. The number of nitrogen functional groups attached to an aromatic ring is 1. The van der Waals surface area contributed by atoms with Crippen LogP contribution < -0.4 is 10.6 Å². The van der Waals surface area contributed by atoms with E-state index in [-0.39, 0.29) is 6.61 Å². The van der Waals surface area contributed by atoms with Gasteiger partial charge in [-0.15, -0.1) is 0 Å². The number of aliphatic hydroxyl groups is 1. The number of benzene rings is 2. The highest BCUT2D eigenvalue weighted by Gasteiger charge is 2.22. The van der Waals surface area contributed by atoms with Gasteiger partial charge in [-0.05, 0) is 23.3 Å². The molecule has 2 aromatic rings. The Morgan fingerprint density at radius 1 is 1.06 bits per heavy atom. The second-order valence-electron chi connectivity index (χ2n) is 4.63. The van der Waals surface area contributed by atoms with E-state index in [1.54, 1.807) is 0 Å². The summed E-state index contributed by atoms with van der Waals surface area (Å²) in [6.07, 6.45) is 0. The molecule has 1 heterocycles. The molecule has 3 rings (SSSR count). The van der Waals surface area contributed by atoms with Crippen molar-refractivity contribution in [3.63, 3.8) is 0 Å². The summed E-state index contributed by atoms with van der Waals surface area (Å²) in [6, 6.07) is 14.0. The van der Waals surface area contributed by atoms with Crippen molar-refractivity contribution in [2.75, 3.05) is 10.6 Å². The molecule has 2 aromatic carbocycles. The van der Waals surface area contributed by atoms with Crippen LogP contribution in [-0.4, -0.2) is 5.11 Å². The van der Waals surface area contributed by atoms with Crippen LogP contribution in [0.4, 0.5) is 11.4 Å². The zero-order valence-corrected chi connectivity index (χ0v) is 10.1. The molecule has 3 N–H and O–H groups in total.